The molecule has 0 saturated carbocycles. The number of ether oxygens (including phenoxy) is 1. The maximum absolute atomic E-state index is 11.8. The van der Waals surface area contributed by atoms with Crippen LogP contribution in [-0.4, -0.2) is 42.0 Å². The van der Waals surface area contributed by atoms with E-state index < -0.39 is 0 Å². The van der Waals surface area contributed by atoms with Crippen LogP contribution in [0.2, 0.25) is 0 Å². The third-order valence-electron chi connectivity index (χ3n) is 5.06. The van der Waals surface area contributed by atoms with Crippen molar-refractivity contribution in [1.29, 1.82) is 0 Å². The van der Waals surface area contributed by atoms with Gasteiger partial charge in [-0.05, 0) is 51.0 Å². The molecule has 2 heterocycles. The number of nitrogens with one attached hydrogen (secondary N) is 1. The highest BCUT2D eigenvalue weighted by Crippen LogP contribution is 2.31. The van der Waals surface area contributed by atoms with Crippen LogP contribution in [0.4, 0.5) is 0 Å². The molecule has 0 aliphatic carbocycles. The molecule has 25 heavy (non-hydrogen) atoms. The number of aryl methyl sites for hydroxylation is 1. The van der Waals surface area contributed by atoms with Gasteiger partial charge in [0, 0.05) is 25.2 Å². The van der Waals surface area contributed by atoms with Gasteiger partial charge in [0.1, 0.15) is 11.5 Å². The van der Waals surface area contributed by atoms with Crippen molar-refractivity contribution in [3.8, 4) is 17.2 Å². The molecule has 6 heteroatoms. The average molecular weight is 343 g/mol. The lowest BCUT2D eigenvalue weighted by molar-refractivity contribution is -0.128. The van der Waals surface area contributed by atoms with E-state index in [0.717, 1.165) is 40.4 Å². The average Bonchev–Trinajstić information content (AvgIpc) is 2.95. The van der Waals surface area contributed by atoms with Crippen LogP contribution in [0.1, 0.15) is 29.5 Å². The van der Waals surface area contributed by atoms with E-state index in [1.165, 1.54) is 0 Å². The number of hydrogen-bond acceptors (Lipinski definition) is 5. The summed E-state index contributed by atoms with van der Waals surface area (Å²) in [4.78, 5) is 18.7. The monoisotopic (exact) mass is 343 g/mol. The first-order valence-corrected chi connectivity index (χ1v) is 8.55. The van der Waals surface area contributed by atoms with Gasteiger partial charge in [0.15, 0.2) is 0 Å². The van der Waals surface area contributed by atoms with Crippen LogP contribution in [0, 0.1) is 20.8 Å². The summed E-state index contributed by atoms with van der Waals surface area (Å²) in [7, 11) is 1.67. The molecule has 1 unspecified atom stereocenters. The number of nitrogens with zero attached hydrogens (tertiary/aromatic N) is 2. The first-order chi connectivity index (χ1) is 11.9. The minimum Gasteiger partial charge on any atom is -0.496 e. The maximum atomic E-state index is 11.8. The number of amides is 1. The number of piperazine rings is 1. The van der Waals surface area contributed by atoms with Gasteiger partial charge in [-0.25, -0.2) is 4.98 Å². The Bertz CT molecular complexity index is 797. The summed E-state index contributed by atoms with van der Waals surface area (Å²) in [6, 6.07) is 3.76. The normalized spacial score (nSPS) is 18.3. The van der Waals surface area contributed by atoms with Crippen LogP contribution in [0.25, 0.3) is 11.5 Å². The van der Waals surface area contributed by atoms with Crippen molar-refractivity contribution in [3.05, 3.63) is 34.7 Å². The summed E-state index contributed by atoms with van der Waals surface area (Å²) < 4.78 is 11.3. The SMILES string of the molecule is COc1ccc(-c2nc(CN3CCNC(=O)C3C)c(C)o2)c(C)c1C. The van der Waals surface area contributed by atoms with Gasteiger partial charge < -0.3 is 14.5 Å². The maximum Gasteiger partial charge on any atom is 0.237 e. The number of aromatic nitrogens is 1. The fourth-order valence-electron chi connectivity index (χ4n) is 3.18. The van der Waals surface area contributed by atoms with Crippen molar-refractivity contribution in [2.24, 2.45) is 0 Å². The van der Waals surface area contributed by atoms with E-state index in [1.807, 2.05) is 39.8 Å². The minimum atomic E-state index is -0.154. The van der Waals surface area contributed by atoms with Gasteiger partial charge >= 0.3 is 0 Å². The molecule has 1 aromatic heterocycles. The zero-order chi connectivity index (χ0) is 18.1. The predicted octanol–water partition coefficient (Wildman–Crippen LogP) is 2.60. The number of rotatable bonds is 4. The second-order valence-corrected chi connectivity index (χ2v) is 6.52. The summed E-state index contributed by atoms with van der Waals surface area (Å²) in [5.41, 5.74) is 4.03. The van der Waals surface area contributed by atoms with E-state index in [1.54, 1.807) is 7.11 Å². The lowest BCUT2D eigenvalue weighted by Crippen LogP contribution is -2.53. The Balaban J connectivity index is 1.88. The van der Waals surface area contributed by atoms with Crippen molar-refractivity contribution in [1.82, 2.24) is 15.2 Å². The predicted molar refractivity (Wildman–Crippen MR) is 95.6 cm³/mol. The fraction of sp³-hybridized carbons (Fsp3) is 0.474. The second kappa shape index (κ2) is 6.88. The lowest BCUT2D eigenvalue weighted by Gasteiger charge is -2.32. The third kappa shape index (κ3) is 3.26. The summed E-state index contributed by atoms with van der Waals surface area (Å²) in [5.74, 6) is 2.33. The van der Waals surface area contributed by atoms with Crippen LogP contribution in [-0.2, 0) is 11.3 Å². The standard InChI is InChI=1S/C19H25N3O3/c1-11-12(2)17(24-5)7-6-15(11)19-21-16(14(4)25-19)10-22-9-8-20-18(23)13(22)3/h6-7,13H,8-10H2,1-5H3,(H,20,23). The number of methoxy groups -OCH3 is 1. The van der Waals surface area contributed by atoms with Gasteiger partial charge in [-0.3, -0.25) is 9.69 Å². The minimum absolute atomic E-state index is 0.0641. The summed E-state index contributed by atoms with van der Waals surface area (Å²) in [5, 5.41) is 2.88. The zero-order valence-electron chi connectivity index (χ0n) is 15.5. The first kappa shape index (κ1) is 17.5. The van der Waals surface area contributed by atoms with Gasteiger partial charge in [-0.2, -0.15) is 0 Å². The van der Waals surface area contributed by atoms with Crippen LogP contribution < -0.4 is 10.1 Å². The Morgan fingerprint density at radius 2 is 2.08 bits per heavy atom. The smallest absolute Gasteiger partial charge is 0.237 e. The van der Waals surface area contributed by atoms with Crippen molar-refractivity contribution >= 4 is 5.91 Å². The molecule has 1 saturated heterocycles. The van der Waals surface area contributed by atoms with Crippen LogP contribution in [0.15, 0.2) is 16.5 Å². The quantitative estimate of drug-likeness (QED) is 0.924. The number of carbonyl (C=O) groups excluding carboxylic acids is 1. The Morgan fingerprint density at radius 1 is 1.32 bits per heavy atom. The molecule has 1 aliphatic rings. The molecule has 1 atom stereocenters. The fourth-order valence-corrected chi connectivity index (χ4v) is 3.18. The van der Waals surface area contributed by atoms with E-state index in [-0.39, 0.29) is 11.9 Å². The number of oxazole rings is 1. The molecule has 0 spiro atoms. The largest absolute Gasteiger partial charge is 0.496 e. The van der Waals surface area contributed by atoms with Gasteiger partial charge in [-0.1, -0.05) is 0 Å². The Hall–Kier alpha value is -2.34. The highest BCUT2D eigenvalue weighted by molar-refractivity contribution is 5.82. The lowest BCUT2D eigenvalue weighted by atomic mass is 10.0. The number of benzene rings is 1. The molecule has 1 aliphatic heterocycles. The molecule has 1 fully saturated rings. The van der Waals surface area contributed by atoms with Crippen LogP contribution in [0.3, 0.4) is 0 Å². The molecular formula is C19H25N3O3. The molecule has 0 bridgehead atoms. The number of carbonyl (C=O) groups is 1. The van der Waals surface area contributed by atoms with Crippen molar-refractivity contribution < 1.29 is 13.9 Å². The molecule has 3 rings (SSSR count). The van der Waals surface area contributed by atoms with Crippen LogP contribution >= 0.6 is 0 Å². The number of hydrogen-bond donors (Lipinski definition) is 1. The van der Waals surface area contributed by atoms with E-state index in [4.69, 9.17) is 14.1 Å². The van der Waals surface area contributed by atoms with Crippen molar-refractivity contribution in [3.63, 3.8) is 0 Å². The molecule has 134 valence electrons. The van der Waals surface area contributed by atoms with E-state index >= 15 is 0 Å². The van der Waals surface area contributed by atoms with Crippen LogP contribution in [0.5, 0.6) is 5.75 Å². The summed E-state index contributed by atoms with van der Waals surface area (Å²) >= 11 is 0. The molecule has 2 aromatic rings. The van der Waals surface area contributed by atoms with Crippen molar-refractivity contribution in [2.45, 2.75) is 40.3 Å². The van der Waals surface area contributed by atoms with Gasteiger partial charge in [0.05, 0.1) is 18.8 Å². The Kier molecular flexibility index (Phi) is 4.81. The molecule has 1 N–H and O–H groups in total. The van der Waals surface area contributed by atoms with Gasteiger partial charge in [-0.15, -0.1) is 0 Å². The third-order valence-corrected chi connectivity index (χ3v) is 5.06. The highest BCUT2D eigenvalue weighted by Gasteiger charge is 2.27. The van der Waals surface area contributed by atoms with Crippen molar-refractivity contribution in [2.75, 3.05) is 20.2 Å². The Labute approximate surface area is 148 Å². The summed E-state index contributed by atoms with van der Waals surface area (Å²) in [6.45, 7) is 10.0. The topological polar surface area (TPSA) is 67.6 Å². The van der Waals surface area contributed by atoms with E-state index in [9.17, 15) is 4.79 Å². The molecule has 0 radical (unpaired) electrons. The van der Waals surface area contributed by atoms with E-state index in [0.29, 0.717) is 19.0 Å². The first-order valence-electron chi connectivity index (χ1n) is 8.55. The van der Waals surface area contributed by atoms with Gasteiger partial charge in [0.2, 0.25) is 11.8 Å². The highest BCUT2D eigenvalue weighted by atomic mass is 16.5. The Morgan fingerprint density at radius 3 is 2.80 bits per heavy atom. The second-order valence-electron chi connectivity index (χ2n) is 6.52. The molecular weight excluding hydrogens is 318 g/mol. The summed E-state index contributed by atoms with van der Waals surface area (Å²) in [6.07, 6.45) is 0. The van der Waals surface area contributed by atoms with E-state index in [2.05, 4.69) is 10.2 Å². The van der Waals surface area contributed by atoms with Gasteiger partial charge in [0.25, 0.3) is 0 Å². The molecule has 1 amide bonds. The molecule has 6 nitrogen and oxygen atoms in total. The molecule has 1 aromatic carbocycles. The zero-order valence-corrected chi connectivity index (χ0v) is 15.5.